The lowest BCUT2D eigenvalue weighted by atomic mass is 10.0. The molecule has 0 saturated heterocycles. The van der Waals surface area contributed by atoms with Gasteiger partial charge < -0.3 is 14.8 Å². The first-order chi connectivity index (χ1) is 11.0. The van der Waals surface area contributed by atoms with E-state index in [-0.39, 0.29) is 18.6 Å². The van der Waals surface area contributed by atoms with E-state index in [0.29, 0.717) is 10.0 Å². The molecule has 0 spiro atoms. The Bertz CT molecular complexity index is 613. The van der Waals surface area contributed by atoms with Crippen LogP contribution in [0.5, 0.6) is 0 Å². The number of carbonyl (C=O) groups excluding carboxylic acids is 2. The molecule has 1 aromatic carbocycles. The molecule has 1 unspecified atom stereocenters. The Balaban J connectivity index is 3.10. The lowest BCUT2D eigenvalue weighted by Crippen LogP contribution is -2.36. The fourth-order valence-corrected chi connectivity index (χ4v) is 2.67. The van der Waals surface area contributed by atoms with Gasteiger partial charge in [0.15, 0.2) is 0 Å². The van der Waals surface area contributed by atoms with Crippen LogP contribution in [0.2, 0.25) is 0 Å². The molecule has 0 aliphatic carbocycles. The monoisotopic (exact) mass is 403 g/mol. The van der Waals surface area contributed by atoms with Gasteiger partial charge in [-0.05, 0) is 52.3 Å². The van der Waals surface area contributed by atoms with E-state index < -0.39 is 29.5 Å². The quantitative estimate of drug-likeness (QED) is 0.739. The smallest absolute Gasteiger partial charge is 0.408 e. The largest absolute Gasteiger partial charge is 0.466 e. The van der Waals surface area contributed by atoms with Crippen molar-refractivity contribution in [1.29, 1.82) is 0 Å². The van der Waals surface area contributed by atoms with Crippen LogP contribution in [0, 0.1) is 12.7 Å². The van der Waals surface area contributed by atoms with Crippen molar-refractivity contribution in [2.75, 3.05) is 6.61 Å². The van der Waals surface area contributed by atoms with Gasteiger partial charge in [0.05, 0.1) is 19.1 Å². The maximum absolute atomic E-state index is 14.5. The highest BCUT2D eigenvalue weighted by Crippen LogP contribution is 2.27. The van der Waals surface area contributed by atoms with Crippen LogP contribution in [-0.4, -0.2) is 24.3 Å². The van der Waals surface area contributed by atoms with Crippen LogP contribution in [0.15, 0.2) is 16.6 Å². The van der Waals surface area contributed by atoms with E-state index in [2.05, 4.69) is 21.2 Å². The number of ether oxygens (including phenoxy) is 2. The predicted octanol–water partition coefficient (Wildman–Crippen LogP) is 4.42. The highest BCUT2D eigenvalue weighted by Gasteiger charge is 2.26. The number of esters is 1. The Hall–Kier alpha value is -1.63. The van der Waals surface area contributed by atoms with Crippen molar-refractivity contribution in [3.8, 4) is 0 Å². The SMILES string of the molecule is CCOC(=O)CC(NC(=O)OC(C)(C)C)c1cc(Br)cc(C)c1F. The molecular formula is C17H23BrFNO4. The molecule has 0 aliphatic heterocycles. The van der Waals surface area contributed by atoms with Crippen molar-refractivity contribution < 1.29 is 23.5 Å². The molecule has 1 atom stereocenters. The topological polar surface area (TPSA) is 64.6 Å². The van der Waals surface area contributed by atoms with Crippen molar-refractivity contribution in [3.05, 3.63) is 33.5 Å². The van der Waals surface area contributed by atoms with Crippen LogP contribution in [0.25, 0.3) is 0 Å². The van der Waals surface area contributed by atoms with E-state index >= 15 is 0 Å². The molecule has 5 nitrogen and oxygen atoms in total. The van der Waals surface area contributed by atoms with E-state index in [0.717, 1.165) is 0 Å². The number of hydrogen-bond donors (Lipinski definition) is 1. The number of nitrogens with one attached hydrogen (secondary N) is 1. The molecule has 1 N–H and O–H groups in total. The fraction of sp³-hybridized carbons (Fsp3) is 0.529. The van der Waals surface area contributed by atoms with Crippen LogP contribution in [0.1, 0.15) is 51.3 Å². The van der Waals surface area contributed by atoms with Crippen LogP contribution in [0.4, 0.5) is 9.18 Å². The average molecular weight is 404 g/mol. The molecule has 24 heavy (non-hydrogen) atoms. The molecular weight excluding hydrogens is 381 g/mol. The number of benzene rings is 1. The second-order valence-electron chi connectivity index (χ2n) is 6.33. The summed E-state index contributed by atoms with van der Waals surface area (Å²) in [5.41, 5.74) is -0.107. The summed E-state index contributed by atoms with van der Waals surface area (Å²) >= 11 is 3.30. The molecule has 0 aliphatic rings. The third kappa shape index (κ3) is 6.47. The molecule has 1 aromatic rings. The minimum atomic E-state index is -0.893. The van der Waals surface area contributed by atoms with Gasteiger partial charge in [0.1, 0.15) is 11.4 Å². The zero-order valence-electron chi connectivity index (χ0n) is 14.5. The summed E-state index contributed by atoms with van der Waals surface area (Å²) in [6.07, 6.45) is -0.922. The van der Waals surface area contributed by atoms with Gasteiger partial charge in [0.25, 0.3) is 0 Å². The minimum Gasteiger partial charge on any atom is -0.466 e. The third-order valence-corrected chi connectivity index (χ3v) is 3.45. The Morgan fingerprint density at radius 2 is 1.96 bits per heavy atom. The summed E-state index contributed by atoms with van der Waals surface area (Å²) in [4.78, 5) is 23.9. The standard InChI is InChI=1S/C17H23BrFNO4/c1-6-23-14(21)9-13(20-16(22)24-17(3,4)5)12-8-11(18)7-10(2)15(12)19/h7-8,13H,6,9H2,1-5H3,(H,20,22). The number of hydrogen-bond acceptors (Lipinski definition) is 4. The molecule has 0 fully saturated rings. The van der Waals surface area contributed by atoms with Crippen molar-refractivity contribution in [2.24, 2.45) is 0 Å². The van der Waals surface area contributed by atoms with Gasteiger partial charge in [-0.25, -0.2) is 9.18 Å². The first kappa shape index (κ1) is 20.4. The van der Waals surface area contributed by atoms with Crippen molar-refractivity contribution in [1.82, 2.24) is 5.32 Å². The second-order valence-corrected chi connectivity index (χ2v) is 7.25. The Labute approximate surface area is 150 Å². The Morgan fingerprint density at radius 1 is 1.33 bits per heavy atom. The highest BCUT2D eigenvalue weighted by atomic mass is 79.9. The average Bonchev–Trinajstić information content (AvgIpc) is 2.40. The van der Waals surface area contributed by atoms with Gasteiger partial charge in [0.2, 0.25) is 0 Å². The summed E-state index contributed by atoms with van der Waals surface area (Å²) in [6.45, 7) is 8.65. The lowest BCUT2D eigenvalue weighted by Gasteiger charge is -2.24. The summed E-state index contributed by atoms with van der Waals surface area (Å²) < 4.78 is 25.2. The number of amides is 1. The zero-order valence-corrected chi connectivity index (χ0v) is 16.1. The van der Waals surface area contributed by atoms with Crippen LogP contribution in [0.3, 0.4) is 0 Å². The molecule has 0 heterocycles. The number of carbonyl (C=O) groups is 2. The third-order valence-electron chi connectivity index (χ3n) is 2.99. The molecule has 7 heteroatoms. The van der Waals surface area contributed by atoms with Gasteiger partial charge in [0, 0.05) is 10.0 Å². The maximum atomic E-state index is 14.5. The van der Waals surface area contributed by atoms with Crippen molar-refractivity contribution in [3.63, 3.8) is 0 Å². The predicted molar refractivity (Wildman–Crippen MR) is 92.2 cm³/mol. The van der Waals surface area contributed by atoms with Gasteiger partial charge in [-0.15, -0.1) is 0 Å². The molecule has 0 aromatic heterocycles. The van der Waals surface area contributed by atoms with Crippen molar-refractivity contribution >= 4 is 28.0 Å². The zero-order chi connectivity index (χ0) is 18.5. The molecule has 1 amide bonds. The first-order valence-electron chi connectivity index (χ1n) is 7.64. The maximum Gasteiger partial charge on any atom is 0.408 e. The van der Waals surface area contributed by atoms with Crippen molar-refractivity contribution in [2.45, 2.75) is 52.7 Å². The number of aryl methyl sites for hydroxylation is 1. The molecule has 0 bridgehead atoms. The minimum absolute atomic E-state index is 0.195. The molecule has 0 saturated carbocycles. The van der Waals surface area contributed by atoms with Gasteiger partial charge in [-0.2, -0.15) is 0 Å². The van der Waals surface area contributed by atoms with Gasteiger partial charge in [-0.3, -0.25) is 4.79 Å². The summed E-state index contributed by atoms with van der Waals surface area (Å²) in [7, 11) is 0. The number of halogens is 2. The van der Waals surface area contributed by atoms with E-state index in [1.807, 2.05) is 0 Å². The lowest BCUT2D eigenvalue weighted by molar-refractivity contribution is -0.143. The first-order valence-corrected chi connectivity index (χ1v) is 8.43. The Kier molecular flexibility index (Phi) is 7.20. The van der Waals surface area contributed by atoms with E-state index in [1.165, 1.54) is 6.07 Å². The summed E-state index contributed by atoms with van der Waals surface area (Å²) in [5.74, 6) is -1.01. The number of rotatable bonds is 5. The molecule has 1 rings (SSSR count). The van der Waals surface area contributed by atoms with Gasteiger partial charge >= 0.3 is 12.1 Å². The fourth-order valence-electron chi connectivity index (χ4n) is 2.08. The Morgan fingerprint density at radius 3 is 2.50 bits per heavy atom. The van der Waals surface area contributed by atoms with E-state index in [9.17, 15) is 14.0 Å². The summed E-state index contributed by atoms with van der Waals surface area (Å²) in [6, 6.07) is 2.26. The number of alkyl carbamates (subject to hydrolysis) is 1. The highest BCUT2D eigenvalue weighted by molar-refractivity contribution is 9.10. The van der Waals surface area contributed by atoms with Gasteiger partial charge in [-0.1, -0.05) is 15.9 Å². The normalized spacial score (nSPS) is 12.5. The summed E-state index contributed by atoms with van der Waals surface area (Å²) in [5, 5.41) is 2.55. The van der Waals surface area contributed by atoms with Crippen LogP contribution >= 0.6 is 15.9 Å². The molecule has 134 valence electrons. The van der Waals surface area contributed by atoms with Crippen LogP contribution in [-0.2, 0) is 14.3 Å². The van der Waals surface area contributed by atoms with E-state index in [1.54, 1.807) is 40.7 Å². The molecule has 0 radical (unpaired) electrons. The van der Waals surface area contributed by atoms with Crippen LogP contribution < -0.4 is 5.32 Å². The second kappa shape index (κ2) is 8.46. The van der Waals surface area contributed by atoms with E-state index in [4.69, 9.17) is 9.47 Å².